The summed E-state index contributed by atoms with van der Waals surface area (Å²) in [5.41, 5.74) is 0. The Morgan fingerprint density at radius 1 is 1.38 bits per heavy atom. The van der Waals surface area contributed by atoms with Gasteiger partial charge in [0.25, 0.3) is 0 Å². The Morgan fingerprint density at radius 3 is 2.46 bits per heavy atom. The number of likely N-dealkylation sites (tertiary alicyclic amines) is 1. The summed E-state index contributed by atoms with van der Waals surface area (Å²) in [4.78, 5) is 1.52. The molecule has 0 aromatic rings. The van der Waals surface area contributed by atoms with E-state index in [0.717, 1.165) is 12.8 Å². The molecule has 6 heteroatoms. The van der Waals surface area contributed by atoms with Crippen molar-refractivity contribution in [2.45, 2.75) is 19.8 Å². The number of piperidine rings is 1. The van der Waals surface area contributed by atoms with Gasteiger partial charge in [-0.05, 0) is 38.3 Å². The van der Waals surface area contributed by atoms with Crippen LogP contribution in [-0.2, 0) is 0 Å². The molecular formula is C7H14BF3KN. The van der Waals surface area contributed by atoms with Gasteiger partial charge in [0.2, 0.25) is 0 Å². The molecule has 72 valence electrons. The van der Waals surface area contributed by atoms with Crippen LogP contribution < -0.4 is 51.4 Å². The van der Waals surface area contributed by atoms with Crippen LogP contribution in [0.2, 0.25) is 0 Å². The van der Waals surface area contributed by atoms with E-state index in [0.29, 0.717) is 19.0 Å². The minimum atomic E-state index is -4.62. The van der Waals surface area contributed by atoms with Crippen molar-refractivity contribution in [2.75, 3.05) is 19.5 Å². The molecule has 0 amide bonds. The van der Waals surface area contributed by atoms with E-state index in [2.05, 4.69) is 0 Å². The summed E-state index contributed by atoms with van der Waals surface area (Å²) in [6.45, 7) is -1.39. The van der Waals surface area contributed by atoms with Crippen molar-refractivity contribution in [1.29, 1.82) is 0 Å². The van der Waals surface area contributed by atoms with Crippen molar-refractivity contribution in [1.82, 2.24) is 4.90 Å². The minimum Gasteiger partial charge on any atom is -0.448 e. The third kappa shape index (κ3) is 6.52. The van der Waals surface area contributed by atoms with E-state index in [1.54, 1.807) is 0 Å². The molecule has 1 saturated heterocycles. The first-order valence-electron chi connectivity index (χ1n) is 4.41. The molecule has 0 N–H and O–H groups in total. The average Bonchev–Trinajstić information content (AvgIpc) is 1.82. The van der Waals surface area contributed by atoms with E-state index in [1.165, 1.54) is 4.90 Å². The quantitative estimate of drug-likeness (QED) is 0.544. The molecule has 0 aromatic heterocycles. The van der Waals surface area contributed by atoms with Gasteiger partial charge in [-0.1, -0.05) is 6.92 Å². The topological polar surface area (TPSA) is 3.24 Å². The van der Waals surface area contributed by atoms with Crippen molar-refractivity contribution >= 4 is 6.98 Å². The van der Waals surface area contributed by atoms with Gasteiger partial charge in [0.15, 0.2) is 0 Å². The maximum absolute atomic E-state index is 12.0. The van der Waals surface area contributed by atoms with Crippen LogP contribution in [0, 0.1) is 5.92 Å². The molecule has 0 spiro atoms. The largest absolute Gasteiger partial charge is 1.00 e. The molecule has 1 heterocycles. The van der Waals surface area contributed by atoms with E-state index in [-0.39, 0.29) is 51.4 Å². The van der Waals surface area contributed by atoms with Gasteiger partial charge in [-0.3, -0.25) is 0 Å². The van der Waals surface area contributed by atoms with Gasteiger partial charge in [0.05, 0.1) is 0 Å². The van der Waals surface area contributed by atoms with Crippen LogP contribution in [0.1, 0.15) is 19.8 Å². The summed E-state index contributed by atoms with van der Waals surface area (Å²) in [5, 5.41) is 0. The first-order valence-corrected chi connectivity index (χ1v) is 4.41. The van der Waals surface area contributed by atoms with Gasteiger partial charge in [0.1, 0.15) is 0 Å². The molecule has 0 bridgehead atoms. The van der Waals surface area contributed by atoms with Crippen molar-refractivity contribution in [3.8, 4) is 0 Å². The van der Waals surface area contributed by atoms with Crippen molar-refractivity contribution in [3.05, 3.63) is 0 Å². The van der Waals surface area contributed by atoms with Crippen molar-refractivity contribution in [2.24, 2.45) is 5.92 Å². The Labute approximate surface area is 120 Å². The van der Waals surface area contributed by atoms with Gasteiger partial charge in [-0.25, -0.2) is 0 Å². The zero-order valence-electron chi connectivity index (χ0n) is 8.27. The Kier molecular flexibility index (Phi) is 6.81. The number of halogens is 3. The predicted molar refractivity (Wildman–Crippen MR) is 43.9 cm³/mol. The van der Waals surface area contributed by atoms with Crippen molar-refractivity contribution < 1.29 is 64.3 Å². The van der Waals surface area contributed by atoms with Gasteiger partial charge in [-0.2, -0.15) is 0 Å². The molecule has 1 aliphatic rings. The zero-order valence-corrected chi connectivity index (χ0v) is 11.4. The minimum absolute atomic E-state index is 0. The smallest absolute Gasteiger partial charge is 0.448 e. The van der Waals surface area contributed by atoms with Crippen LogP contribution in [0.3, 0.4) is 0 Å². The molecule has 1 aliphatic heterocycles. The monoisotopic (exact) mass is 219 g/mol. The zero-order chi connectivity index (χ0) is 9.19. The van der Waals surface area contributed by atoms with E-state index < -0.39 is 13.4 Å². The number of hydrogen-bond donors (Lipinski definition) is 0. The fraction of sp³-hybridized carbons (Fsp3) is 1.00. The van der Waals surface area contributed by atoms with Crippen LogP contribution in [0.4, 0.5) is 12.9 Å². The molecule has 1 unspecified atom stereocenters. The molecule has 0 aromatic carbocycles. The number of rotatable bonds is 2. The van der Waals surface area contributed by atoms with Crippen LogP contribution in [-0.4, -0.2) is 31.4 Å². The Morgan fingerprint density at radius 2 is 2.00 bits per heavy atom. The maximum atomic E-state index is 12.0. The molecule has 1 atom stereocenters. The molecule has 0 aliphatic carbocycles. The van der Waals surface area contributed by atoms with Gasteiger partial charge >= 0.3 is 58.4 Å². The van der Waals surface area contributed by atoms with Crippen LogP contribution in [0.25, 0.3) is 0 Å². The molecular weight excluding hydrogens is 205 g/mol. The molecule has 0 radical (unpaired) electrons. The Bertz CT molecular complexity index is 153. The number of hydrogen-bond acceptors (Lipinski definition) is 1. The number of nitrogens with zero attached hydrogens (tertiary/aromatic N) is 1. The standard InChI is InChI=1S/C7H14BF3N.K/c1-7-3-2-4-12(5-7)6-8(9,10)11;/h7H,2-6H2,1H3;/q-1;+1. The maximum Gasteiger partial charge on any atom is 1.00 e. The second-order valence-electron chi connectivity index (χ2n) is 3.72. The molecule has 0 saturated carbocycles. The Balaban J connectivity index is 0.00000144. The van der Waals surface area contributed by atoms with Crippen LogP contribution >= 0.6 is 0 Å². The average molecular weight is 219 g/mol. The first-order chi connectivity index (χ1) is 5.47. The summed E-state index contributed by atoms with van der Waals surface area (Å²) in [5.74, 6) is 0.428. The summed E-state index contributed by atoms with van der Waals surface area (Å²) in [7, 11) is 0. The second kappa shape index (κ2) is 6.13. The second-order valence-corrected chi connectivity index (χ2v) is 3.72. The van der Waals surface area contributed by atoms with E-state index in [4.69, 9.17) is 0 Å². The van der Waals surface area contributed by atoms with Crippen LogP contribution in [0.5, 0.6) is 0 Å². The normalized spacial score (nSPS) is 25.4. The fourth-order valence-electron chi connectivity index (χ4n) is 1.75. The summed E-state index contributed by atoms with van der Waals surface area (Å²) < 4.78 is 36.0. The third-order valence-electron chi connectivity index (χ3n) is 2.21. The predicted octanol–water partition coefficient (Wildman–Crippen LogP) is -0.891. The first kappa shape index (κ1) is 14.5. The van der Waals surface area contributed by atoms with Crippen LogP contribution in [0.15, 0.2) is 0 Å². The van der Waals surface area contributed by atoms with E-state index in [9.17, 15) is 12.9 Å². The van der Waals surface area contributed by atoms with E-state index in [1.807, 2.05) is 6.92 Å². The summed E-state index contributed by atoms with van der Waals surface area (Å²) >= 11 is 0. The molecule has 1 rings (SSSR count). The van der Waals surface area contributed by atoms with Gasteiger partial charge < -0.3 is 17.8 Å². The summed E-state index contributed by atoms with van der Waals surface area (Å²) in [6.07, 6.45) is 1.30. The third-order valence-corrected chi connectivity index (χ3v) is 2.21. The molecule has 13 heavy (non-hydrogen) atoms. The molecule has 1 fully saturated rings. The molecule has 1 nitrogen and oxygen atoms in total. The fourth-order valence-corrected chi connectivity index (χ4v) is 1.75. The SMILES string of the molecule is CC1CCCN(C[B-](F)(F)F)C1.[K+]. The van der Waals surface area contributed by atoms with E-state index >= 15 is 0 Å². The van der Waals surface area contributed by atoms with Gasteiger partial charge in [-0.15, -0.1) is 0 Å². The van der Waals surface area contributed by atoms with Gasteiger partial charge in [0, 0.05) is 0 Å². The summed E-state index contributed by atoms with van der Waals surface area (Å²) in [6, 6.07) is 0. The van der Waals surface area contributed by atoms with Crippen molar-refractivity contribution in [3.63, 3.8) is 0 Å². The Hall–Kier alpha value is 1.45.